The summed E-state index contributed by atoms with van der Waals surface area (Å²) < 4.78 is 5.08. The van der Waals surface area contributed by atoms with E-state index in [1.807, 2.05) is 49.0 Å². The van der Waals surface area contributed by atoms with Gasteiger partial charge in [0.2, 0.25) is 11.9 Å². The SMILES string of the molecule is C=CCn1c(=O)c2cnc(Nc3ccc(N4CCC(CN5CCN(c6ccc7c(N8CCC(=O)NC8=O)nn(C)c7c6)CC5)CC4)cc3)nc2n1-c1ccc2c(n1)[C@@](O)(CC)CC2. The van der Waals surface area contributed by atoms with Gasteiger partial charge in [-0.3, -0.25) is 29.4 Å². The molecule has 63 heavy (non-hydrogen) atoms. The van der Waals surface area contributed by atoms with Crippen molar-refractivity contribution in [3.63, 3.8) is 0 Å². The monoisotopic (exact) mass is 851 g/mol. The van der Waals surface area contributed by atoms with Gasteiger partial charge in [0.15, 0.2) is 17.3 Å². The summed E-state index contributed by atoms with van der Waals surface area (Å²) in [5.74, 6) is 1.85. The van der Waals surface area contributed by atoms with Gasteiger partial charge in [0.25, 0.3) is 5.56 Å². The van der Waals surface area contributed by atoms with Crippen molar-refractivity contribution in [3.05, 3.63) is 95.1 Å². The Morgan fingerprint density at radius 1 is 0.905 bits per heavy atom. The zero-order valence-electron chi connectivity index (χ0n) is 35.8. The highest BCUT2D eigenvalue weighted by molar-refractivity contribution is 6.09. The smallest absolute Gasteiger partial charge is 0.329 e. The number of hydrogen-bond donors (Lipinski definition) is 3. The maximum atomic E-state index is 13.6. The van der Waals surface area contributed by atoms with Crippen molar-refractivity contribution < 1.29 is 14.7 Å². The molecule has 1 atom stereocenters. The fraction of sp³-hybridized carbons (Fsp3) is 0.413. The molecule has 326 valence electrons. The van der Waals surface area contributed by atoms with Crippen molar-refractivity contribution in [2.75, 3.05) is 72.4 Å². The quantitative estimate of drug-likeness (QED) is 0.152. The van der Waals surface area contributed by atoms with Crippen molar-refractivity contribution >= 4 is 62.7 Å². The van der Waals surface area contributed by atoms with E-state index in [2.05, 4.69) is 66.3 Å². The lowest BCUT2D eigenvalue weighted by Gasteiger charge is -2.40. The van der Waals surface area contributed by atoms with Crippen molar-refractivity contribution in [2.45, 2.75) is 57.6 Å². The van der Waals surface area contributed by atoms with Crippen LogP contribution in [0.4, 0.5) is 33.6 Å². The van der Waals surface area contributed by atoms with Gasteiger partial charge in [-0.25, -0.2) is 24.1 Å². The van der Waals surface area contributed by atoms with Gasteiger partial charge in [-0.05, 0) is 92.1 Å². The van der Waals surface area contributed by atoms with E-state index < -0.39 is 11.6 Å². The van der Waals surface area contributed by atoms with Crippen LogP contribution in [-0.2, 0) is 30.4 Å². The molecular weight excluding hydrogens is 799 g/mol. The Kier molecular flexibility index (Phi) is 10.5. The molecule has 0 spiro atoms. The number of hydrogen-bond acceptors (Lipinski definition) is 12. The number of allylic oxidation sites excluding steroid dienone is 1. The Bertz CT molecular complexity index is 2800. The molecule has 3 amide bonds. The van der Waals surface area contributed by atoms with E-state index in [1.54, 1.807) is 26.5 Å². The van der Waals surface area contributed by atoms with Crippen LogP contribution in [0, 0.1) is 5.92 Å². The normalized spacial score (nSPS) is 19.9. The van der Waals surface area contributed by atoms with Crippen LogP contribution in [0.5, 0.6) is 0 Å². The summed E-state index contributed by atoms with van der Waals surface area (Å²) in [6.07, 6.45) is 7.71. The fourth-order valence-corrected chi connectivity index (χ4v) is 9.81. The third kappa shape index (κ3) is 7.48. The Labute approximate surface area is 364 Å². The van der Waals surface area contributed by atoms with Gasteiger partial charge in [0, 0.05) is 94.5 Å². The molecule has 3 aliphatic heterocycles. The molecular formula is C46H53N13O4. The van der Waals surface area contributed by atoms with Gasteiger partial charge in [-0.2, -0.15) is 10.1 Å². The molecule has 4 aromatic heterocycles. The number of benzene rings is 2. The number of fused-ring (bicyclic) bond motifs is 3. The minimum absolute atomic E-state index is 0.236. The summed E-state index contributed by atoms with van der Waals surface area (Å²) in [5, 5.41) is 22.9. The summed E-state index contributed by atoms with van der Waals surface area (Å²) in [7, 11) is 1.89. The number of carbonyl (C=O) groups excluding carboxylic acids is 2. The van der Waals surface area contributed by atoms with E-state index in [9.17, 15) is 19.5 Å². The number of anilines is 5. The predicted octanol–water partition coefficient (Wildman–Crippen LogP) is 4.82. The zero-order valence-corrected chi connectivity index (χ0v) is 35.8. The molecule has 1 aliphatic carbocycles. The molecule has 0 bridgehead atoms. The van der Waals surface area contributed by atoms with Gasteiger partial charge in [-0.15, -0.1) is 6.58 Å². The van der Waals surface area contributed by atoms with Crippen molar-refractivity contribution in [1.29, 1.82) is 0 Å². The van der Waals surface area contributed by atoms with Crippen molar-refractivity contribution in [1.82, 2.24) is 44.3 Å². The number of piperazine rings is 1. The minimum Gasteiger partial charge on any atom is -0.384 e. The van der Waals surface area contributed by atoms with Gasteiger partial charge in [0.05, 0.1) is 17.8 Å². The number of imide groups is 1. The zero-order chi connectivity index (χ0) is 43.4. The lowest BCUT2D eigenvalue weighted by molar-refractivity contribution is -0.120. The second kappa shape index (κ2) is 16.3. The predicted molar refractivity (Wildman–Crippen MR) is 243 cm³/mol. The Morgan fingerprint density at radius 2 is 1.67 bits per heavy atom. The summed E-state index contributed by atoms with van der Waals surface area (Å²) in [6, 6.07) is 18.1. The van der Waals surface area contributed by atoms with Crippen LogP contribution < -0.4 is 30.9 Å². The van der Waals surface area contributed by atoms with E-state index in [1.165, 1.54) is 5.69 Å². The van der Waals surface area contributed by atoms with E-state index in [0.29, 0.717) is 59.6 Å². The topological polar surface area (TPSA) is 175 Å². The molecule has 2 aromatic carbocycles. The number of aryl methyl sites for hydroxylation is 2. The molecule has 10 rings (SSSR count). The molecule has 0 radical (unpaired) electrons. The number of nitrogens with zero attached hydrogens (tertiary/aromatic N) is 11. The average molecular weight is 852 g/mol. The average Bonchev–Trinajstić information content (AvgIpc) is 3.91. The fourth-order valence-electron chi connectivity index (χ4n) is 9.81. The number of nitrogens with one attached hydrogen (secondary N) is 2. The molecule has 3 fully saturated rings. The first-order valence-corrected chi connectivity index (χ1v) is 22.1. The first kappa shape index (κ1) is 40.5. The van der Waals surface area contributed by atoms with Gasteiger partial charge >= 0.3 is 6.03 Å². The summed E-state index contributed by atoms with van der Waals surface area (Å²) >= 11 is 0. The van der Waals surface area contributed by atoms with Crippen LogP contribution in [-0.4, -0.2) is 108 Å². The Balaban J connectivity index is 0.744. The summed E-state index contributed by atoms with van der Waals surface area (Å²) in [5.41, 5.74) is 5.01. The van der Waals surface area contributed by atoms with Crippen LogP contribution in [0.15, 0.2) is 78.2 Å². The third-order valence-electron chi connectivity index (χ3n) is 13.5. The van der Waals surface area contributed by atoms with E-state index in [4.69, 9.17) is 9.97 Å². The number of urea groups is 1. The highest BCUT2D eigenvalue weighted by Crippen LogP contribution is 2.39. The molecule has 7 heterocycles. The van der Waals surface area contributed by atoms with Gasteiger partial charge < -0.3 is 20.2 Å². The number of carbonyl (C=O) groups is 2. The maximum Gasteiger partial charge on any atom is 0.329 e. The minimum atomic E-state index is -0.991. The third-order valence-corrected chi connectivity index (χ3v) is 13.5. The summed E-state index contributed by atoms with van der Waals surface area (Å²) in [6.45, 7) is 13.4. The molecule has 3 saturated heterocycles. The lowest BCUT2D eigenvalue weighted by atomic mass is 9.95. The van der Waals surface area contributed by atoms with Crippen LogP contribution in [0.2, 0.25) is 0 Å². The number of pyridine rings is 1. The first-order valence-electron chi connectivity index (χ1n) is 22.1. The largest absolute Gasteiger partial charge is 0.384 e. The Hall–Kier alpha value is -6.59. The van der Waals surface area contributed by atoms with Crippen LogP contribution in [0.25, 0.3) is 27.8 Å². The number of aromatic nitrogens is 7. The van der Waals surface area contributed by atoms with E-state index in [0.717, 1.165) is 92.9 Å². The van der Waals surface area contributed by atoms with Gasteiger partial charge in [-0.1, -0.05) is 19.1 Å². The maximum absolute atomic E-state index is 13.6. The molecule has 3 N–H and O–H groups in total. The Morgan fingerprint density at radius 3 is 2.41 bits per heavy atom. The lowest BCUT2D eigenvalue weighted by Crippen LogP contribution is -2.49. The first-order chi connectivity index (χ1) is 30.6. The molecule has 0 unspecified atom stereocenters. The number of amides is 3. The van der Waals surface area contributed by atoms with Crippen molar-refractivity contribution in [3.8, 4) is 5.82 Å². The van der Waals surface area contributed by atoms with Crippen molar-refractivity contribution in [2.24, 2.45) is 13.0 Å². The van der Waals surface area contributed by atoms with Crippen LogP contribution in [0.1, 0.15) is 50.3 Å². The highest BCUT2D eigenvalue weighted by Gasteiger charge is 2.37. The number of aliphatic hydroxyl groups is 1. The second-order valence-electron chi connectivity index (χ2n) is 17.3. The number of piperidine rings is 1. The van der Waals surface area contributed by atoms with Crippen LogP contribution in [0.3, 0.4) is 0 Å². The highest BCUT2D eigenvalue weighted by atomic mass is 16.3. The van der Waals surface area contributed by atoms with Gasteiger partial charge in [0.1, 0.15) is 11.0 Å². The van der Waals surface area contributed by atoms with E-state index in [-0.39, 0.29) is 24.4 Å². The molecule has 4 aliphatic rings. The standard InChI is InChI=1S/C46H53N13O4/c1-4-19-58-43(61)36-28-47-44(51-41(36)59(58)38-13-6-31-14-18-46(63,5-2)40(31)49-38)48-32-7-9-33(10-8-32)55-20-15-30(16-21-55)29-54-23-25-56(26-24-54)34-11-12-35-37(27-34)53(3)52-42(35)57-22-17-39(60)50-45(57)62/h4,6-13,27-28,30,63H,1,5,14-26,29H2,2-3H3,(H,47,48,51)(H,50,60,62)/t46-/m1/s1. The number of rotatable bonds is 11. The summed E-state index contributed by atoms with van der Waals surface area (Å²) in [4.78, 5) is 61.0. The molecule has 17 nitrogen and oxygen atoms in total. The molecule has 0 saturated carbocycles. The molecule has 6 aromatic rings. The second-order valence-corrected chi connectivity index (χ2v) is 17.3. The van der Waals surface area contributed by atoms with E-state index >= 15 is 0 Å². The molecule has 17 heteroatoms. The van der Waals surface area contributed by atoms with Crippen LogP contribution >= 0.6 is 0 Å².